The van der Waals surface area contributed by atoms with Gasteiger partial charge in [-0.25, -0.2) is 0 Å². The number of nitrogens with zero attached hydrogens (tertiary/aromatic N) is 1. The van der Waals surface area contributed by atoms with Gasteiger partial charge in [0.2, 0.25) is 6.41 Å². The van der Waals surface area contributed by atoms with Crippen molar-refractivity contribution in [2.45, 2.75) is 20.8 Å². The van der Waals surface area contributed by atoms with Crippen molar-refractivity contribution in [3.8, 4) is 0 Å². The first-order valence-electron chi connectivity index (χ1n) is 4.83. The first-order valence-corrected chi connectivity index (χ1v) is 4.83. The SMILES string of the molecule is CC(=O)CN(C=O)c1ccc(C)cc1C. The highest BCUT2D eigenvalue weighted by Crippen LogP contribution is 2.19. The van der Waals surface area contributed by atoms with Crippen LogP contribution in [0.2, 0.25) is 0 Å². The lowest BCUT2D eigenvalue weighted by molar-refractivity contribution is -0.117. The zero-order valence-corrected chi connectivity index (χ0v) is 9.28. The van der Waals surface area contributed by atoms with Crippen molar-refractivity contribution in [1.82, 2.24) is 0 Å². The van der Waals surface area contributed by atoms with E-state index in [-0.39, 0.29) is 12.3 Å². The number of anilines is 1. The molecule has 0 saturated heterocycles. The number of benzene rings is 1. The van der Waals surface area contributed by atoms with Crippen molar-refractivity contribution < 1.29 is 9.59 Å². The molecule has 0 bridgehead atoms. The quantitative estimate of drug-likeness (QED) is 0.703. The van der Waals surface area contributed by atoms with Gasteiger partial charge in [0.15, 0.2) is 0 Å². The van der Waals surface area contributed by atoms with E-state index in [1.165, 1.54) is 11.8 Å². The summed E-state index contributed by atoms with van der Waals surface area (Å²) < 4.78 is 0. The first kappa shape index (κ1) is 11.4. The number of amides is 1. The largest absolute Gasteiger partial charge is 0.307 e. The molecular weight excluding hydrogens is 190 g/mol. The van der Waals surface area contributed by atoms with Crippen LogP contribution in [0.4, 0.5) is 5.69 Å². The fraction of sp³-hybridized carbons (Fsp3) is 0.333. The minimum absolute atomic E-state index is 0.0259. The maximum atomic E-state index is 11.0. The van der Waals surface area contributed by atoms with Crippen LogP contribution in [0.3, 0.4) is 0 Å². The molecule has 0 aliphatic heterocycles. The summed E-state index contributed by atoms with van der Waals surface area (Å²) in [4.78, 5) is 23.2. The summed E-state index contributed by atoms with van der Waals surface area (Å²) in [6.07, 6.45) is 0.694. The van der Waals surface area contributed by atoms with Crippen molar-refractivity contribution in [3.63, 3.8) is 0 Å². The van der Waals surface area contributed by atoms with E-state index in [0.717, 1.165) is 16.8 Å². The number of hydrogen-bond donors (Lipinski definition) is 0. The summed E-state index contributed by atoms with van der Waals surface area (Å²) in [6, 6.07) is 5.78. The van der Waals surface area contributed by atoms with Gasteiger partial charge in [0.1, 0.15) is 5.78 Å². The highest BCUT2D eigenvalue weighted by molar-refractivity contribution is 5.89. The summed E-state index contributed by atoms with van der Waals surface area (Å²) >= 11 is 0. The Labute approximate surface area is 89.7 Å². The standard InChI is InChI=1S/C12H15NO2/c1-9-4-5-12(10(2)6-9)13(8-14)7-11(3)15/h4-6,8H,7H2,1-3H3. The average Bonchev–Trinajstić information content (AvgIpc) is 2.14. The molecule has 0 saturated carbocycles. The Kier molecular flexibility index (Phi) is 3.61. The minimum Gasteiger partial charge on any atom is -0.307 e. The second-order valence-corrected chi connectivity index (χ2v) is 3.73. The Morgan fingerprint density at radius 1 is 1.40 bits per heavy atom. The van der Waals surface area contributed by atoms with Gasteiger partial charge in [-0.3, -0.25) is 9.59 Å². The number of rotatable bonds is 4. The highest BCUT2D eigenvalue weighted by Gasteiger charge is 2.09. The molecule has 0 aromatic heterocycles. The molecule has 3 heteroatoms. The first-order chi connectivity index (χ1) is 7.04. The Morgan fingerprint density at radius 2 is 2.07 bits per heavy atom. The monoisotopic (exact) mass is 205 g/mol. The molecule has 1 amide bonds. The molecule has 0 heterocycles. The van der Waals surface area contributed by atoms with E-state index in [9.17, 15) is 9.59 Å². The Balaban J connectivity index is 3.01. The number of aryl methyl sites for hydroxylation is 2. The number of Topliss-reactive ketones (excluding diaryl/α,β-unsaturated/α-hetero) is 1. The van der Waals surface area contributed by atoms with Crippen molar-refractivity contribution in [2.24, 2.45) is 0 Å². The van der Waals surface area contributed by atoms with E-state index in [0.29, 0.717) is 6.41 Å². The van der Waals surface area contributed by atoms with Gasteiger partial charge in [0, 0.05) is 5.69 Å². The van der Waals surface area contributed by atoms with Gasteiger partial charge in [-0.05, 0) is 32.4 Å². The second-order valence-electron chi connectivity index (χ2n) is 3.73. The zero-order chi connectivity index (χ0) is 11.4. The Bertz CT molecular complexity index is 385. The molecule has 0 radical (unpaired) electrons. The van der Waals surface area contributed by atoms with E-state index in [4.69, 9.17) is 0 Å². The number of carbonyl (C=O) groups is 2. The summed E-state index contributed by atoms with van der Waals surface area (Å²) in [7, 11) is 0. The fourth-order valence-electron chi connectivity index (χ4n) is 1.55. The zero-order valence-electron chi connectivity index (χ0n) is 9.28. The molecule has 1 rings (SSSR count). The predicted octanol–water partition coefficient (Wildman–Crippen LogP) is 1.86. The van der Waals surface area contributed by atoms with Crippen molar-refractivity contribution in [1.29, 1.82) is 0 Å². The number of carbonyl (C=O) groups excluding carboxylic acids is 2. The van der Waals surface area contributed by atoms with Crippen LogP contribution < -0.4 is 4.90 Å². The van der Waals surface area contributed by atoms with Crippen LogP contribution in [0, 0.1) is 13.8 Å². The van der Waals surface area contributed by atoms with Gasteiger partial charge >= 0.3 is 0 Å². The lowest BCUT2D eigenvalue weighted by Crippen LogP contribution is -2.27. The van der Waals surface area contributed by atoms with Crippen LogP contribution in [0.15, 0.2) is 18.2 Å². The van der Waals surface area contributed by atoms with E-state index < -0.39 is 0 Å². The Morgan fingerprint density at radius 3 is 2.53 bits per heavy atom. The van der Waals surface area contributed by atoms with Crippen molar-refractivity contribution in [3.05, 3.63) is 29.3 Å². The lowest BCUT2D eigenvalue weighted by atomic mass is 10.1. The lowest BCUT2D eigenvalue weighted by Gasteiger charge is -2.18. The van der Waals surface area contributed by atoms with Crippen LogP contribution in [0.1, 0.15) is 18.1 Å². The van der Waals surface area contributed by atoms with E-state index in [2.05, 4.69) is 0 Å². The van der Waals surface area contributed by atoms with Gasteiger partial charge in [0.25, 0.3) is 0 Å². The summed E-state index contributed by atoms with van der Waals surface area (Å²) in [6.45, 7) is 5.53. The van der Waals surface area contributed by atoms with Crippen molar-refractivity contribution in [2.75, 3.05) is 11.4 Å². The molecule has 15 heavy (non-hydrogen) atoms. The second kappa shape index (κ2) is 4.73. The maximum absolute atomic E-state index is 11.0. The molecule has 0 fully saturated rings. The third-order valence-electron chi connectivity index (χ3n) is 2.18. The molecule has 0 aliphatic carbocycles. The third kappa shape index (κ3) is 2.91. The molecule has 3 nitrogen and oxygen atoms in total. The molecule has 0 atom stereocenters. The van der Waals surface area contributed by atoms with E-state index >= 15 is 0 Å². The van der Waals surface area contributed by atoms with Crippen LogP contribution in [0.25, 0.3) is 0 Å². The Hall–Kier alpha value is -1.64. The third-order valence-corrected chi connectivity index (χ3v) is 2.18. The maximum Gasteiger partial charge on any atom is 0.214 e. The summed E-state index contributed by atoms with van der Waals surface area (Å²) in [5.41, 5.74) is 2.94. The molecule has 0 N–H and O–H groups in total. The topological polar surface area (TPSA) is 37.4 Å². The smallest absolute Gasteiger partial charge is 0.214 e. The molecule has 1 aromatic rings. The van der Waals surface area contributed by atoms with Crippen molar-refractivity contribution >= 4 is 17.9 Å². The van der Waals surface area contributed by atoms with E-state index in [1.54, 1.807) is 0 Å². The fourth-order valence-corrected chi connectivity index (χ4v) is 1.55. The average molecular weight is 205 g/mol. The van der Waals surface area contributed by atoms with E-state index in [1.807, 2.05) is 32.0 Å². The molecular formula is C12H15NO2. The van der Waals surface area contributed by atoms with Gasteiger partial charge in [-0.2, -0.15) is 0 Å². The normalized spacial score (nSPS) is 9.80. The predicted molar refractivity (Wildman–Crippen MR) is 60.0 cm³/mol. The van der Waals surface area contributed by atoms with Crippen LogP contribution in [-0.4, -0.2) is 18.7 Å². The number of hydrogen-bond acceptors (Lipinski definition) is 2. The van der Waals surface area contributed by atoms with Gasteiger partial charge in [-0.15, -0.1) is 0 Å². The molecule has 0 aliphatic rings. The molecule has 80 valence electrons. The molecule has 1 aromatic carbocycles. The minimum atomic E-state index is -0.0259. The number of ketones is 1. The van der Waals surface area contributed by atoms with Crippen LogP contribution in [0.5, 0.6) is 0 Å². The van der Waals surface area contributed by atoms with Crippen LogP contribution >= 0.6 is 0 Å². The van der Waals surface area contributed by atoms with Crippen LogP contribution in [-0.2, 0) is 9.59 Å². The summed E-state index contributed by atoms with van der Waals surface area (Å²) in [5.74, 6) is -0.0259. The molecule has 0 spiro atoms. The summed E-state index contributed by atoms with van der Waals surface area (Å²) in [5, 5.41) is 0. The van der Waals surface area contributed by atoms with Gasteiger partial charge < -0.3 is 4.90 Å². The van der Waals surface area contributed by atoms with Gasteiger partial charge in [-0.1, -0.05) is 17.7 Å². The highest BCUT2D eigenvalue weighted by atomic mass is 16.1. The van der Waals surface area contributed by atoms with Gasteiger partial charge in [0.05, 0.1) is 6.54 Å². The molecule has 0 unspecified atom stereocenters.